The van der Waals surface area contributed by atoms with E-state index in [9.17, 15) is 10.1 Å². The molecule has 2 aromatic rings. The Hall–Kier alpha value is -2.68. The predicted molar refractivity (Wildman–Crippen MR) is 96.2 cm³/mol. The van der Waals surface area contributed by atoms with Gasteiger partial charge < -0.3 is 0 Å². The summed E-state index contributed by atoms with van der Waals surface area (Å²) in [6.07, 6.45) is 10.5. The highest BCUT2D eigenvalue weighted by Crippen LogP contribution is 2.15. The van der Waals surface area contributed by atoms with Crippen LogP contribution in [0.1, 0.15) is 36.0 Å². The van der Waals surface area contributed by atoms with E-state index in [1.165, 1.54) is 30.5 Å². The summed E-state index contributed by atoms with van der Waals surface area (Å²) in [7, 11) is 0. The lowest BCUT2D eigenvalue weighted by Crippen LogP contribution is -1.86. The Bertz CT molecular complexity index is 670. The number of hydrogen-bond donors (Lipinski definition) is 0. The number of hydrogen-bond acceptors (Lipinski definition) is 2. The summed E-state index contributed by atoms with van der Waals surface area (Å²) in [5.74, 6) is 0. The van der Waals surface area contributed by atoms with Gasteiger partial charge in [0.1, 0.15) is 0 Å². The number of nitro benzene ring substituents is 1. The fourth-order valence-corrected chi connectivity index (χ4v) is 2.31. The van der Waals surface area contributed by atoms with Gasteiger partial charge in [0.2, 0.25) is 0 Å². The number of unbranched alkanes of at least 4 members (excludes halogenated alkanes) is 2. The van der Waals surface area contributed by atoms with Gasteiger partial charge in [0, 0.05) is 12.1 Å². The minimum absolute atomic E-state index is 0.114. The summed E-state index contributed by atoms with van der Waals surface area (Å²) in [4.78, 5) is 10.2. The summed E-state index contributed by atoms with van der Waals surface area (Å²) in [5.41, 5.74) is 3.53. The molecule has 3 heteroatoms. The topological polar surface area (TPSA) is 43.1 Å². The Balaban J connectivity index is 1.91. The van der Waals surface area contributed by atoms with E-state index in [-0.39, 0.29) is 10.6 Å². The maximum absolute atomic E-state index is 10.6. The molecule has 0 atom stereocenters. The highest BCUT2D eigenvalue weighted by molar-refractivity contribution is 5.70. The Morgan fingerprint density at radius 1 is 0.913 bits per heavy atom. The van der Waals surface area contributed by atoms with Crippen LogP contribution < -0.4 is 0 Å². The van der Waals surface area contributed by atoms with Gasteiger partial charge in [-0.05, 0) is 54.5 Å². The van der Waals surface area contributed by atoms with Crippen LogP contribution in [0, 0.1) is 10.1 Å². The molecule has 0 N–H and O–H groups in total. The third kappa shape index (κ3) is 5.55. The predicted octanol–water partition coefficient (Wildman–Crippen LogP) is 5.66. The van der Waals surface area contributed by atoms with Gasteiger partial charge in [0.05, 0.1) is 4.92 Å². The Morgan fingerprint density at radius 3 is 2.00 bits per heavy atom. The number of non-ortho nitro benzene ring substituents is 1. The van der Waals surface area contributed by atoms with Crippen LogP contribution in [0.2, 0.25) is 0 Å². The van der Waals surface area contributed by atoms with E-state index in [4.69, 9.17) is 0 Å². The standard InChI is InChI=1S/C20H21NO2/c1-2-3-4-5-6-17-7-9-18(10-8-17)11-12-19-13-15-20(16-14-19)21(22)23/h2,7-16H,1,3-6H2. The van der Waals surface area contributed by atoms with Crippen molar-refractivity contribution in [3.63, 3.8) is 0 Å². The summed E-state index contributed by atoms with van der Waals surface area (Å²) in [5, 5.41) is 10.6. The molecule has 23 heavy (non-hydrogen) atoms. The number of benzene rings is 2. The first-order valence-electron chi connectivity index (χ1n) is 7.81. The monoisotopic (exact) mass is 307 g/mol. The zero-order chi connectivity index (χ0) is 16.5. The second-order valence-electron chi connectivity index (χ2n) is 5.46. The number of allylic oxidation sites excluding steroid dienone is 1. The molecule has 0 radical (unpaired) electrons. The van der Waals surface area contributed by atoms with Crippen LogP contribution in [0.25, 0.3) is 12.2 Å². The molecule has 0 saturated heterocycles. The maximum atomic E-state index is 10.6. The van der Waals surface area contributed by atoms with Crippen LogP contribution in [0.4, 0.5) is 5.69 Å². The van der Waals surface area contributed by atoms with Crippen LogP contribution in [0.3, 0.4) is 0 Å². The van der Waals surface area contributed by atoms with Crippen molar-refractivity contribution in [2.45, 2.75) is 25.7 Å². The molecule has 3 nitrogen and oxygen atoms in total. The summed E-state index contributed by atoms with van der Waals surface area (Å²) < 4.78 is 0. The molecule has 2 rings (SSSR count). The molecule has 2 aromatic carbocycles. The Morgan fingerprint density at radius 2 is 1.48 bits per heavy atom. The van der Waals surface area contributed by atoms with Gasteiger partial charge in [-0.15, -0.1) is 6.58 Å². The molecule has 118 valence electrons. The summed E-state index contributed by atoms with van der Waals surface area (Å²) >= 11 is 0. The van der Waals surface area contributed by atoms with Crippen LogP contribution in [0.15, 0.2) is 61.2 Å². The molecule has 0 unspecified atom stereocenters. The van der Waals surface area contributed by atoms with Crippen molar-refractivity contribution in [1.29, 1.82) is 0 Å². The van der Waals surface area contributed by atoms with E-state index < -0.39 is 0 Å². The van der Waals surface area contributed by atoms with Crippen LogP contribution in [-0.4, -0.2) is 4.92 Å². The fourth-order valence-electron chi connectivity index (χ4n) is 2.31. The third-order valence-corrected chi connectivity index (χ3v) is 3.68. The van der Waals surface area contributed by atoms with Gasteiger partial charge in [-0.2, -0.15) is 0 Å². The average Bonchev–Trinajstić information content (AvgIpc) is 2.58. The normalized spacial score (nSPS) is 10.8. The van der Waals surface area contributed by atoms with E-state index >= 15 is 0 Å². The molecule has 0 aliphatic heterocycles. The highest BCUT2D eigenvalue weighted by Gasteiger charge is 2.02. The molecule has 0 heterocycles. The summed E-state index contributed by atoms with van der Waals surface area (Å²) in [6.45, 7) is 3.73. The van der Waals surface area contributed by atoms with Crippen LogP contribution in [0.5, 0.6) is 0 Å². The molecule has 0 aliphatic carbocycles. The Kier molecular flexibility index (Phi) is 6.30. The lowest BCUT2D eigenvalue weighted by atomic mass is 10.0. The van der Waals surface area contributed by atoms with Crippen molar-refractivity contribution in [3.05, 3.63) is 88.0 Å². The second-order valence-corrected chi connectivity index (χ2v) is 5.46. The van der Waals surface area contributed by atoms with Gasteiger partial charge in [0.15, 0.2) is 0 Å². The molecule has 0 bridgehead atoms. The minimum atomic E-state index is -0.388. The fraction of sp³-hybridized carbons (Fsp3) is 0.200. The number of nitro groups is 1. The molecule has 0 saturated carbocycles. The quantitative estimate of drug-likeness (QED) is 0.207. The van der Waals surface area contributed by atoms with Gasteiger partial charge in [-0.3, -0.25) is 10.1 Å². The largest absolute Gasteiger partial charge is 0.269 e. The zero-order valence-corrected chi connectivity index (χ0v) is 13.2. The van der Waals surface area contributed by atoms with Crippen LogP contribution >= 0.6 is 0 Å². The first kappa shape index (κ1) is 16.7. The second kappa shape index (κ2) is 8.69. The first-order chi connectivity index (χ1) is 11.2. The van der Waals surface area contributed by atoms with Gasteiger partial charge >= 0.3 is 0 Å². The molecule has 0 fully saturated rings. The summed E-state index contributed by atoms with van der Waals surface area (Å²) in [6, 6.07) is 15.1. The maximum Gasteiger partial charge on any atom is 0.269 e. The van der Waals surface area contributed by atoms with Crippen molar-refractivity contribution in [3.8, 4) is 0 Å². The lowest BCUT2D eigenvalue weighted by molar-refractivity contribution is -0.384. The number of nitrogens with zero attached hydrogens (tertiary/aromatic N) is 1. The van der Waals surface area contributed by atoms with Crippen molar-refractivity contribution in [2.75, 3.05) is 0 Å². The van der Waals surface area contributed by atoms with Crippen molar-refractivity contribution in [2.24, 2.45) is 0 Å². The van der Waals surface area contributed by atoms with E-state index in [0.29, 0.717) is 0 Å². The molecule has 0 aromatic heterocycles. The molecule has 0 aliphatic rings. The van der Waals surface area contributed by atoms with Crippen molar-refractivity contribution < 1.29 is 4.92 Å². The third-order valence-electron chi connectivity index (χ3n) is 3.68. The Labute approximate surface area is 137 Å². The van der Waals surface area contributed by atoms with E-state index in [0.717, 1.165) is 24.0 Å². The van der Waals surface area contributed by atoms with Crippen molar-refractivity contribution in [1.82, 2.24) is 0 Å². The molecule has 0 spiro atoms. The van der Waals surface area contributed by atoms with E-state index in [1.807, 2.05) is 18.2 Å². The van der Waals surface area contributed by atoms with Crippen molar-refractivity contribution >= 4 is 17.8 Å². The SMILES string of the molecule is C=CCCCCc1ccc(C=Cc2ccc([N+](=O)[O-])cc2)cc1. The number of rotatable bonds is 8. The number of aryl methyl sites for hydroxylation is 1. The van der Waals surface area contributed by atoms with Gasteiger partial charge in [0.25, 0.3) is 5.69 Å². The minimum Gasteiger partial charge on any atom is -0.258 e. The van der Waals surface area contributed by atoms with E-state index in [2.05, 4.69) is 30.8 Å². The smallest absolute Gasteiger partial charge is 0.258 e. The van der Waals surface area contributed by atoms with E-state index in [1.54, 1.807) is 12.1 Å². The van der Waals surface area contributed by atoms with Gasteiger partial charge in [-0.1, -0.05) is 42.5 Å². The zero-order valence-electron chi connectivity index (χ0n) is 13.2. The lowest BCUT2D eigenvalue weighted by Gasteiger charge is -2.01. The average molecular weight is 307 g/mol. The highest BCUT2D eigenvalue weighted by atomic mass is 16.6. The molecular formula is C20H21NO2. The van der Waals surface area contributed by atoms with Gasteiger partial charge in [-0.25, -0.2) is 0 Å². The first-order valence-corrected chi connectivity index (χ1v) is 7.81. The molecular weight excluding hydrogens is 286 g/mol. The van der Waals surface area contributed by atoms with Crippen LogP contribution in [-0.2, 0) is 6.42 Å². The molecule has 0 amide bonds.